The summed E-state index contributed by atoms with van der Waals surface area (Å²) in [6, 6.07) is 2.35. The highest BCUT2D eigenvalue weighted by Gasteiger charge is 2.10. The summed E-state index contributed by atoms with van der Waals surface area (Å²) in [5.41, 5.74) is 0. The average molecular weight is 165 g/mol. The normalized spacial score (nSPS) is 12.5. The van der Waals surface area contributed by atoms with Gasteiger partial charge in [0.15, 0.2) is 0 Å². The quantitative estimate of drug-likeness (QED) is 0.436. The van der Waals surface area contributed by atoms with Crippen LogP contribution in [0.1, 0.15) is 39.5 Å². The number of hydrogen-bond acceptors (Lipinski definition) is 1. The van der Waals surface area contributed by atoms with Crippen molar-refractivity contribution in [2.75, 3.05) is 0 Å². The summed E-state index contributed by atoms with van der Waals surface area (Å²) in [5.74, 6) is 0.744. The largest absolute Gasteiger partial charge is 0.198 e. The molecule has 0 aliphatic rings. The molecule has 0 heterocycles. The molecule has 0 N–H and O–H groups in total. The summed E-state index contributed by atoms with van der Waals surface area (Å²) < 4.78 is 0. The van der Waals surface area contributed by atoms with Crippen molar-refractivity contribution in [2.45, 2.75) is 39.5 Å². The second kappa shape index (κ2) is 6.91. The number of hydrogen-bond donors (Lipinski definition) is 0. The van der Waals surface area contributed by atoms with Crippen LogP contribution in [-0.2, 0) is 0 Å². The summed E-state index contributed by atoms with van der Waals surface area (Å²) in [5, 5.41) is 8.78. The zero-order valence-corrected chi connectivity index (χ0v) is 8.21. The summed E-state index contributed by atoms with van der Waals surface area (Å²) >= 11 is 0. The van der Waals surface area contributed by atoms with Gasteiger partial charge in [0.25, 0.3) is 0 Å². The second-order valence-electron chi connectivity index (χ2n) is 3.55. The summed E-state index contributed by atoms with van der Waals surface area (Å²) in [6.07, 6.45) is 6.39. The summed E-state index contributed by atoms with van der Waals surface area (Å²) in [4.78, 5) is 0. The van der Waals surface area contributed by atoms with Crippen LogP contribution in [-0.4, -0.2) is 0 Å². The first-order valence-electron chi connectivity index (χ1n) is 4.73. The van der Waals surface area contributed by atoms with Crippen molar-refractivity contribution in [3.63, 3.8) is 0 Å². The van der Waals surface area contributed by atoms with Gasteiger partial charge in [-0.1, -0.05) is 26.3 Å². The van der Waals surface area contributed by atoms with Crippen LogP contribution < -0.4 is 0 Å². The van der Waals surface area contributed by atoms with Crippen molar-refractivity contribution < 1.29 is 0 Å². The van der Waals surface area contributed by atoms with E-state index in [4.69, 9.17) is 5.26 Å². The predicted octanol–water partition coefficient (Wildman–Crippen LogP) is 3.53. The highest BCUT2D eigenvalue weighted by molar-refractivity contribution is 4.84. The highest BCUT2D eigenvalue weighted by atomic mass is 14.3. The third-order valence-electron chi connectivity index (χ3n) is 2.14. The van der Waals surface area contributed by atoms with Gasteiger partial charge >= 0.3 is 0 Å². The molecule has 0 aromatic rings. The second-order valence-corrected chi connectivity index (χ2v) is 3.55. The number of unbranched alkanes of at least 4 members (excludes halogenated alkanes) is 2. The van der Waals surface area contributed by atoms with Crippen LogP contribution in [0.2, 0.25) is 0 Å². The van der Waals surface area contributed by atoms with E-state index in [9.17, 15) is 0 Å². The van der Waals surface area contributed by atoms with Crippen molar-refractivity contribution in [1.82, 2.24) is 0 Å². The molecule has 0 saturated carbocycles. The molecule has 12 heavy (non-hydrogen) atoms. The maximum atomic E-state index is 8.78. The minimum absolute atomic E-state index is 0.245. The Balaban J connectivity index is 3.47. The van der Waals surface area contributed by atoms with Crippen molar-refractivity contribution >= 4 is 0 Å². The van der Waals surface area contributed by atoms with Gasteiger partial charge in [-0.2, -0.15) is 5.26 Å². The molecular formula is C11H19N. The van der Waals surface area contributed by atoms with Crippen LogP contribution in [0.3, 0.4) is 0 Å². The fourth-order valence-corrected chi connectivity index (χ4v) is 1.20. The van der Waals surface area contributed by atoms with Crippen molar-refractivity contribution in [2.24, 2.45) is 11.8 Å². The molecule has 0 fully saturated rings. The standard InChI is InChI=1S/C11H19N/c1-4-5-6-7-8-11(9-12)10(2)3/h4,10-11H,1,5-8H2,2-3H3. The van der Waals surface area contributed by atoms with Crippen LogP contribution >= 0.6 is 0 Å². The number of rotatable bonds is 6. The Bertz CT molecular complexity index is 153. The third kappa shape index (κ3) is 4.96. The Morgan fingerprint density at radius 1 is 1.42 bits per heavy atom. The molecule has 0 rings (SSSR count). The highest BCUT2D eigenvalue weighted by Crippen LogP contribution is 2.17. The predicted molar refractivity (Wildman–Crippen MR) is 52.6 cm³/mol. The average Bonchev–Trinajstić information content (AvgIpc) is 2.04. The first kappa shape index (κ1) is 11.2. The Morgan fingerprint density at radius 3 is 2.50 bits per heavy atom. The molecule has 0 spiro atoms. The molecule has 0 aromatic heterocycles. The summed E-state index contributed by atoms with van der Waals surface area (Å²) in [7, 11) is 0. The lowest BCUT2D eigenvalue weighted by molar-refractivity contribution is 0.429. The van der Waals surface area contributed by atoms with Gasteiger partial charge in [0.05, 0.1) is 6.07 Å². The zero-order chi connectivity index (χ0) is 9.40. The first-order valence-corrected chi connectivity index (χ1v) is 4.73. The number of nitrogens with zero attached hydrogens (tertiary/aromatic N) is 1. The lowest BCUT2D eigenvalue weighted by Gasteiger charge is -2.11. The lowest BCUT2D eigenvalue weighted by Crippen LogP contribution is -2.05. The van der Waals surface area contributed by atoms with Gasteiger partial charge < -0.3 is 0 Å². The molecule has 68 valence electrons. The Kier molecular flexibility index (Phi) is 6.47. The fourth-order valence-electron chi connectivity index (χ4n) is 1.20. The van der Waals surface area contributed by atoms with E-state index in [0.717, 1.165) is 19.3 Å². The van der Waals surface area contributed by atoms with Crippen LogP contribution in [0.15, 0.2) is 12.7 Å². The van der Waals surface area contributed by atoms with Gasteiger partial charge in [0.2, 0.25) is 0 Å². The topological polar surface area (TPSA) is 23.8 Å². The van der Waals surface area contributed by atoms with Crippen LogP contribution in [0.4, 0.5) is 0 Å². The van der Waals surface area contributed by atoms with Crippen molar-refractivity contribution in [1.29, 1.82) is 5.26 Å². The molecule has 1 unspecified atom stereocenters. The molecule has 0 aliphatic carbocycles. The van der Waals surface area contributed by atoms with E-state index >= 15 is 0 Å². The van der Waals surface area contributed by atoms with Gasteiger partial charge in [0.1, 0.15) is 0 Å². The van der Waals surface area contributed by atoms with Crippen molar-refractivity contribution in [3.05, 3.63) is 12.7 Å². The van der Waals surface area contributed by atoms with E-state index < -0.39 is 0 Å². The molecule has 1 atom stereocenters. The first-order chi connectivity index (χ1) is 5.72. The maximum absolute atomic E-state index is 8.78. The van der Waals surface area contributed by atoms with E-state index in [1.807, 2.05) is 6.08 Å². The van der Waals surface area contributed by atoms with E-state index in [1.54, 1.807) is 0 Å². The molecular weight excluding hydrogens is 146 g/mol. The lowest BCUT2D eigenvalue weighted by atomic mass is 9.92. The zero-order valence-electron chi connectivity index (χ0n) is 8.21. The number of allylic oxidation sites excluding steroid dienone is 1. The molecule has 0 bridgehead atoms. The van der Waals surface area contributed by atoms with Gasteiger partial charge in [0, 0.05) is 5.92 Å². The van der Waals surface area contributed by atoms with E-state index in [0.29, 0.717) is 5.92 Å². The molecule has 0 radical (unpaired) electrons. The molecule has 0 saturated heterocycles. The molecule has 0 amide bonds. The molecule has 0 aromatic carbocycles. The smallest absolute Gasteiger partial charge is 0.0658 e. The van der Waals surface area contributed by atoms with Gasteiger partial charge in [-0.3, -0.25) is 0 Å². The van der Waals surface area contributed by atoms with Gasteiger partial charge in [-0.15, -0.1) is 6.58 Å². The Labute approximate surface area is 76.1 Å². The third-order valence-corrected chi connectivity index (χ3v) is 2.14. The van der Waals surface area contributed by atoms with E-state index in [-0.39, 0.29) is 5.92 Å². The van der Waals surface area contributed by atoms with Crippen LogP contribution in [0, 0.1) is 23.2 Å². The van der Waals surface area contributed by atoms with Crippen LogP contribution in [0.5, 0.6) is 0 Å². The van der Waals surface area contributed by atoms with Crippen molar-refractivity contribution in [3.8, 4) is 6.07 Å². The maximum Gasteiger partial charge on any atom is 0.0658 e. The minimum Gasteiger partial charge on any atom is -0.198 e. The SMILES string of the molecule is C=CCCCCC(C#N)C(C)C. The van der Waals surface area contributed by atoms with Gasteiger partial charge in [-0.25, -0.2) is 0 Å². The molecule has 0 aliphatic heterocycles. The Hall–Kier alpha value is -0.770. The van der Waals surface area contributed by atoms with E-state index in [2.05, 4.69) is 26.5 Å². The monoisotopic (exact) mass is 165 g/mol. The molecule has 1 heteroatoms. The number of nitriles is 1. The Morgan fingerprint density at radius 2 is 2.08 bits per heavy atom. The van der Waals surface area contributed by atoms with E-state index in [1.165, 1.54) is 6.42 Å². The minimum atomic E-state index is 0.245. The van der Waals surface area contributed by atoms with Gasteiger partial charge in [-0.05, 0) is 25.2 Å². The molecule has 1 nitrogen and oxygen atoms in total. The van der Waals surface area contributed by atoms with Crippen LogP contribution in [0.25, 0.3) is 0 Å². The fraction of sp³-hybridized carbons (Fsp3) is 0.727. The summed E-state index contributed by atoms with van der Waals surface area (Å²) in [6.45, 7) is 7.89.